The van der Waals surface area contributed by atoms with Gasteiger partial charge in [-0.05, 0) is 42.5 Å². The fourth-order valence-electron chi connectivity index (χ4n) is 2.46. The van der Waals surface area contributed by atoms with Gasteiger partial charge in [0, 0.05) is 5.69 Å². The highest BCUT2D eigenvalue weighted by molar-refractivity contribution is 7.92. The number of nitrogens with zero attached hydrogens (tertiary/aromatic N) is 2. The molecule has 0 fully saturated rings. The third-order valence-electron chi connectivity index (χ3n) is 3.65. The van der Waals surface area contributed by atoms with E-state index in [1.807, 2.05) is 6.92 Å². The predicted octanol–water partition coefficient (Wildman–Crippen LogP) is 3.50. The molecule has 0 saturated heterocycles. The lowest BCUT2D eigenvalue weighted by molar-refractivity contribution is 0.599. The molecule has 0 radical (unpaired) electrons. The summed E-state index contributed by atoms with van der Waals surface area (Å²) in [4.78, 5) is 0. The normalized spacial score (nSPS) is 11.3. The van der Waals surface area contributed by atoms with E-state index in [1.165, 1.54) is 11.1 Å². The zero-order valence-electron chi connectivity index (χ0n) is 14.3. The summed E-state index contributed by atoms with van der Waals surface area (Å²) in [6.45, 7) is 6.03. The molecule has 1 heterocycles. The van der Waals surface area contributed by atoms with Crippen molar-refractivity contribution in [1.82, 2.24) is 10.2 Å². The zero-order valence-corrected chi connectivity index (χ0v) is 15.2. The number of rotatable bonds is 8. The molecule has 2 N–H and O–H groups in total. The molecule has 24 heavy (non-hydrogen) atoms. The number of para-hydroxylation sites is 1. The highest BCUT2D eigenvalue weighted by Gasteiger charge is 2.11. The van der Waals surface area contributed by atoms with Crippen LogP contribution in [-0.2, 0) is 22.9 Å². The van der Waals surface area contributed by atoms with Gasteiger partial charge in [-0.1, -0.05) is 39.0 Å². The molecule has 0 aliphatic rings. The van der Waals surface area contributed by atoms with Crippen molar-refractivity contribution in [2.75, 3.05) is 15.8 Å². The van der Waals surface area contributed by atoms with E-state index in [0.717, 1.165) is 18.5 Å². The zero-order chi connectivity index (χ0) is 17.6. The lowest BCUT2D eigenvalue weighted by atomic mass is 10.0. The SMILES string of the molecule is CCCS(=O)(=O)Nc1ccc(Nc2c(CC)cccc2CC)nn1. The number of benzene rings is 1. The number of aryl methyl sites for hydroxylation is 2. The second kappa shape index (κ2) is 8.10. The molecular formula is C17H24N4O2S. The average molecular weight is 348 g/mol. The Morgan fingerprint density at radius 3 is 2.00 bits per heavy atom. The minimum atomic E-state index is -3.35. The van der Waals surface area contributed by atoms with Gasteiger partial charge in [-0.15, -0.1) is 10.2 Å². The van der Waals surface area contributed by atoms with Crippen LogP contribution in [0.25, 0.3) is 0 Å². The fraction of sp³-hybridized carbons (Fsp3) is 0.412. The summed E-state index contributed by atoms with van der Waals surface area (Å²) < 4.78 is 25.9. The molecule has 0 unspecified atom stereocenters. The molecule has 1 aromatic heterocycles. The molecule has 2 aromatic rings. The molecule has 6 nitrogen and oxygen atoms in total. The van der Waals surface area contributed by atoms with Crippen molar-refractivity contribution in [2.45, 2.75) is 40.0 Å². The Labute approximate surface area is 143 Å². The van der Waals surface area contributed by atoms with E-state index in [0.29, 0.717) is 12.2 Å². The van der Waals surface area contributed by atoms with Crippen LogP contribution in [0.4, 0.5) is 17.3 Å². The summed E-state index contributed by atoms with van der Waals surface area (Å²) in [5, 5.41) is 11.3. The second-order valence-electron chi connectivity index (χ2n) is 5.51. The number of hydrogen-bond acceptors (Lipinski definition) is 5. The van der Waals surface area contributed by atoms with Crippen LogP contribution in [-0.4, -0.2) is 24.4 Å². The lowest BCUT2D eigenvalue weighted by Crippen LogP contribution is -2.17. The van der Waals surface area contributed by atoms with Crippen LogP contribution < -0.4 is 10.0 Å². The molecule has 0 aliphatic carbocycles. The van der Waals surface area contributed by atoms with Crippen molar-refractivity contribution >= 4 is 27.3 Å². The Morgan fingerprint density at radius 1 is 0.917 bits per heavy atom. The first-order valence-electron chi connectivity index (χ1n) is 8.21. The van der Waals surface area contributed by atoms with Gasteiger partial charge in [0.15, 0.2) is 11.6 Å². The van der Waals surface area contributed by atoms with E-state index >= 15 is 0 Å². The molecule has 0 saturated carbocycles. The Kier molecular flexibility index (Phi) is 6.14. The highest BCUT2D eigenvalue weighted by atomic mass is 32.2. The first-order chi connectivity index (χ1) is 11.5. The summed E-state index contributed by atoms with van der Waals surface area (Å²) in [6.07, 6.45) is 2.38. The summed E-state index contributed by atoms with van der Waals surface area (Å²) in [5.74, 6) is 0.885. The van der Waals surface area contributed by atoms with Crippen LogP contribution in [0.15, 0.2) is 30.3 Å². The molecule has 1 aromatic carbocycles. The largest absolute Gasteiger partial charge is 0.338 e. The summed E-state index contributed by atoms with van der Waals surface area (Å²) >= 11 is 0. The van der Waals surface area contributed by atoms with Gasteiger partial charge in [0.1, 0.15) is 0 Å². The minimum Gasteiger partial charge on any atom is -0.338 e. The smallest absolute Gasteiger partial charge is 0.233 e. The van der Waals surface area contributed by atoms with E-state index in [4.69, 9.17) is 0 Å². The molecule has 130 valence electrons. The summed E-state index contributed by atoms with van der Waals surface area (Å²) in [6, 6.07) is 9.57. The van der Waals surface area contributed by atoms with E-state index < -0.39 is 10.0 Å². The first kappa shape index (κ1) is 18.2. The van der Waals surface area contributed by atoms with E-state index in [9.17, 15) is 8.42 Å². The van der Waals surface area contributed by atoms with Crippen molar-refractivity contribution in [2.24, 2.45) is 0 Å². The highest BCUT2D eigenvalue weighted by Crippen LogP contribution is 2.25. The average Bonchev–Trinajstić information content (AvgIpc) is 2.56. The number of anilines is 3. The lowest BCUT2D eigenvalue weighted by Gasteiger charge is -2.14. The third-order valence-corrected chi connectivity index (χ3v) is 5.12. The number of sulfonamides is 1. The number of aromatic nitrogens is 2. The number of nitrogens with one attached hydrogen (secondary N) is 2. The molecular weight excluding hydrogens is 324 g/mol. The van der Waals surface area contributed by atoms with Gasteiger partial charge >= 0.3 is 0 Å². The Balaban J connectivity index is 2.18. The van der Waals surface area contributed by atoms with Gasteiger partial charge in [-0.2, -0.15) is 0 Å². The van der Waals surface area contributed by atoms with Gasteiger partial charge in [0.2, 0.25) is 10.0 Å². The Hall–Kier alpha value is -2.15. The van der Waals surface area contributed by atoms with Gasteiger partial charge in [0.25, 0.3) is 0 Å². The van der Waals surface area contributed by atoms with Crippen LogP contribution in [0.3, 0.4) is 0 Å². The van der Waals surface area contributed by atoms with Gasteiger partial charge in [0.05, 0.1) is 5.75 Å². The predicted molar refractivity (Wildman–Crippen MR) is 98.2 cm³/mol. The second-order valence-corrected chi connectivity index (χ2v) is 7.35. The molecule has 0 bridgehead atoms. The topological polar surface area (TPSA) is 84.0 Å². The number of hydrogen-bond donors (Lipinski definition) is 2. The maximum Gasteiger partial charge on any atom is 0.233 e. The molecule has 0 spiro atoms. The standard InChI is InChI=1S/C17H24N4O2S/c1-4-12-24(22,23)21-16-11-10-15(19-20-16)18-17-13(5-2)8-7-9-14(17)6-3/h7-11H,4-6,12H2,1-3H3,(H,18,19)(H,20,21). The maximum absolute atomic E-state index is 11.7. The Bertz CT molecular complexity index is 751. The minimum absolute atomic E-state index is 0.0679. The molecule has 0 atom stereocenters. The Morgan fingerprint density at radius 2 is 1.50 bits per heavy atom. The van der Waals surface area contributed by atoms with Crippen molar-refractivity contribution < 1.29 is 8.42 Å². The maximum atomic E-state index is 11.7. The molecule has 0 aliphatic heterocycles. The van der Waals surface area contributed by atoms with Gasteiger partial charge in [-0.25, -0.2) is 8.42 Å². The van der Waals surface area contributed by atoms with Crippen molar-refractivity contribution in [3.63, 3.8) is 0 Å². The third kappa shape index (κ3) is 4.67. The summed E-state index contributed by atoms with van der Waals surface area (Å²) in [5.41, 5.74) is 3.48. The van der Waals surface area contributed by atoms with Crippen LogP contribution in [0.5, 0.6) is 0 Å². The van der Waals surface area contributed by atoms with Crippen molar-refractivity contribution in [1.29, 1.82) is 0 Å². The monoisotopic (exact) mass is 348 g/mol. The van der Waals surface area contributed by atoms with Crippen LogP contribution in [0, 0.1) is 0 Å². The van der Waals surface area contributed by atoms with E-state index in [1.54, 1.807) is 12.1 Å². The van der Waals surface area contributed by atoms with E-state index in [2.05, 4.69) is 52.3 Å². The van der Waals surface area contributed by atoms with E-state index in [-0.39, 0.29) is 11.6 Å². The molecule has 2 rings (SSSR count). The first-order valence-corrected chi connectivity index (χ1v) is 9.86. The fourth-order valence-corrected chi connectivity index (χ4v) is 3.53. The summed E-state index contributed by atoms with van der Waals surface area (Å²) in [7, 11) is -3.35. The van der Waals surface area contributed by atoms with Gasteiger partial charge in [-0.3, -0.25) is 4.72 Å². The van der Waals surface area contributed by atoms with Crippen LogP contribution in [0.2, 0.25) is 0 Å². The van der Waals surface area contributed by atoms with Crippen LogP contribution in [0.1, 0.15) is 38.3 Å². The quantitative estimate of drug-likeness (QED) is 0.763. The molecule has 0 amide bonds. The van der Waals surface area contributed by atoms with Crippen molar-refractivity contribution in [3.8, 4) is 0 Å². The van der Waals surface area contributed by atoms with Crippen molar-refractivity contribution in [3.05, 3.63) is 41.5 Å². The van der Waals surface area contributed by atoms with Crippen LogP contribution >= 0.6 is 0 Å². The van der Waals surface area contributed by atoms with Gasteiger partial charge < -0.3 is 5.32 Å². The molecule has 7 heteroatoms.